The van der Waals surface area contributed by atoms with Crippen LogP contribution in [-0.2, 0) is 11.2 Å². The standard InChI is InChI=1S/C16H24N2O/c1-13(17)12-16(19)18-11-5-8-15(18)10-9-14-6-3-2-4-7-14/h2-4,6-7,13,15H,5,8-12,17H2,1H3. The second-order valence-electron chi connectivity index (χ2n) is 5.59. The van der Waals surface area contributed by atoms with Crippen molar-refractivity contribution in [3.63, 3.8) is 0 Å². The minimum Gasteiger partial charge on any atom is -0.340 e. The molecule has 1 fully saturated rings. The number of likely N-dealkylation sites (tertiary alicyclic amines) is 1. The molecule has 0 aliphatic carbocycles. The van der Waals surface area contributed by atoms with Crippen molar-refractivity contribution in [3.8, 4) is 0 Å². The van der Waals surface area contributed by atoms with Crippen LogP contribution in [0.5, 0.6) is 0 Å². The van der Waals surface area contributed by atoms with E-state index in [1.165, 1.54) is 5.56 Å². The van der Waals surface area contributed by atoms with Gasteiger partial charge in [0, 0.05) is 25.0 Å². The monoisotopic (exact) mass is 260 g/mol. The van der Waals surface area contributed by atoms with Gasteiger partial charge in [0.25, 0.3) is 0 Å². The Morgan fingerprint density at radius 1 is 1.42 bits per heavy atom. The molecule has 2 N–H and O–H groups in total. The molecule has 3 nitrogen and oxygen atoms in total. The third-order valence-electron chi connectivity index (χ3n) is 3.80. The van der Waals surface area contributed by atoms with Gasteiger partial charge in [0.05, 0.1) is 0 Å². The molecule has 104 valence electrons. The maximum atomic E-state index is 12.1. The van der Waals surface area contributed by atoms with Crippen molar-refractivity contribution in [1.82, 2.24) is 4.90 Å². The summed E-state index contributed by atoms with van der Waals surface area (Å²) in [5.74, 6) is 0.227. The SMILES string of the molecule is CC(N)CC(=O)N1CCCC1CCc1ccccc1. The zero-order valence-electron chi connectivity index (χ0n) is 11.7. The van der Waals surface area contributed by atoms with Crippen LogP contribution >= 0.6 is 0 Å². The van der Waals surface area contributed by atoms with Gasteiger partial charge in [-0.25, -0.2) is 0 Å². The lowest BCUT2D eigenvalue weighted by atomic mass is 10.0. The van der Waals surface area contributed by atoms with Crippen LogP contribution in [0.4, 0.5) is 0 Å². The number of amides is 1. The van der Waals surface area contributed by atoms with E-state index in [-0.39, 0.29) is 11.9 Å². The Hall–Kier alpha value is -1.35. The maximum absolute atomic E-state index is 12.1. The number of benzene rings is 1. The van der Waals surface area contributed by atoms with E-state index in [4.69, 9.17) is 5.73 Å². The predicted octanol–water partition coefficient (Wildman–Crippen LogP) is 2.35. The summed E-state index contributed by atoms with van der Waals surface area (Å²) in [4.78, 5) is 14.2. The van der Waals surface area contributed by atoms with Crippen molar-refractivity contribution >= 4 is 5.91 Å². The van der Waals surface area contributed by atoms with Crippen molar-refractivity contribution in [1.29, 1.82) is 0 Å². The van der Waals surface area contributed by atoms with Crippen LogP contribution in [0, 0.1) is 0 Å². The summed E-state index contributed by atoms with van der Waals surface area (Å²) in [6.45, 7) is 2.80. The highest BCUT2D eigenvalue weighted by Gasteiger charge is 2.28. The molecule has 2 unspecified atom stereocenters. The van der Waals surface area contributed by atoms with E-state index in [0.29, 0.717) is 12.5 Å². The van der Waals surface area contributed by atoms with Crippen LogP contribution in [0.1, 0.15) is 38.2 Å². The van der Waals surface area contributed by atoms with Crippen molar-refractivity contribution in [2.24, 2.45) is 5.73 Å². The maximum Gasteiger partial charge on any atom is 0.224 e. The first-order valence-electron chi connectivity index (χ1n) is 7.26. The summed E-state index contributed by atoms with van der Waals surface area (Å²) in [5.41, 5.74) is 7.08. The lowest BCUT2D eigenvalue weighted by Gasteiger charge is -2.25. The number of hydrogen-bond acceptors (Lipinski definition) is 2. The molecular formula is C16H24N2O. The third-order valence-corrected chi connectivity index (χ3v) is 3.80. The Kier molecular flexibility index (Phi) is 4.97. The number of carbonyl (C=O) groups excluding carboxylic acids is 1. The van der Waals surface area contributed by atoms with Crippen LogP contribution in [0.15, 0.2) is 30.3 Å². The first kappa shape index (κ1) is 14.1. The van der Waals surface area contributed by atoms with Gasteiger partial charge in [-0.2, -0.15) is 0 Å². The van der Waals surface area contributed by atoms with Crippen LogP contribution in [-0.4, -0.2) is 29.4 Å². The second-order valence-corrected chi connectivity index (χ2v) is 5.59. The Morgan fingerprint density at radius 3 is 2.84 bits per heavy atom. The minimum atomic E-state index is -0.0390. The van der Waals surface area contributed by atoms with E-state index in [1.807, 2.05) is 17.9 Å². The molecule has 3 heteroatoms. The summed E-state index contributed by atoms with van der Waals surface area (Å²) in [6.07, 6.45) is 4.85. The van der Waals surface area contributed by atoms with Gasteiger partial charge in [0.15, 0.2) is 0 Å². The average Bonchev–Trinajstić information content (AvgIpc) is 2.85. The fourth-order valence-corrected chi connectivity index (χ4v) is 2.83. The molecule has 1 aliphatic heterocycles. The summed E-state index contributed by atoms with van der Waals surface area (Å²) in [6, 6.07) is 10.9. The van der Waals surface area contributed by atoms with Gasteiger partial charge in [-0.1, -0.05) is 30.3 Å². The Labute approximate surface area is 115 Å². The zero-order valence-corrected chi connectivity index (χ0v) is 11.7. The number of aryl methyl sites for hydroxylation is 1. The van der Waals surface area contributed by atoms with Crippen molar-refractivity contribution < 1.29 is 4.79 Å². The molecule has 1 aromatic carbocycles. The topological polar surface area (TPSA) is 46.3 Å². The Bertz CT molecular complexity index is 402. The quantitative estimate of drug-likeness (QED) is 0.883. The largest absolute Gasteiger partial charge is 0.340 e. The lowest BCUT2D eigenvalue weighted by Crippen LogP contribution is -2.38. The number of hydrogen-bond donors (Lipinski definition) is 1. The van der Waals surface area contributed by atoms with Gasteiger partial charge in [-0.15, -0.1) is 0 Å². The van der Waals surface area contributed by atoms with Gasteiger partial charge >= 0.3 is 0 Å². The predicted molar refractivity (Wildman–Crippen MR) is 77.8 cm³/mol. The molecule has 0 aromatic heterocycles. The van der Waals surface area contributed by atoms with Crippen molar-refractivity contribution in [2.45, 2.75) is 51.1 Å². The smallest absolute Gasteiger partial charge is 0.224 e. The first-order chi connectivity index (χ1) is 9.16. The van der Waals surface area contributed by atoms with Crippen molar-refractivity contribution in [2.75, 3.05) is 6.54 Å². The summed E-state index contributed by atoms with van der Waals surface area (Å²) in [5, 5.41) is 0. The van der Waals surface area contributed by atoms with Crippen molar-refractivity contribution in [3.05, 3.63) is 35.9 Å². The summed E-state index contributed by atoms with van der Waals surface area (Å²) >= 11 is 0. The van der Waals surface area contributed by atoms with Gasteiger partial charge < -0.3 is 10.6 Å². The molecule has 0 bridgehead atoms. The molecule has 1 aromatic rings. The minimum absolute atomic E-state index is 0.0390. The van der Waals surface area contributed by atoms with Crippen LogP contribution in [0.2, 0.25) is 0 Å². The molecule has 1 heterocycles. The van der Waals surface area contributed by atoms with E-state index in [0.717, 1.165) is 32.2 Å². The Balaban J connectivity index is 1.87. The number of nitrogens with two attached hydrogens (primary N) is 1. The van der Waals surface area contributed by atoms with E-state index in [1.54, 1.807) is 0 Å². The molecule has 2 atom stereocenters. The third kappa shape index (κ3) is 4.06. The van der Waals surface area contributed by atoms with E-state index in [9.17, 15) is 4.79 Å². The van der Waals surface area contributed by atoms with Gasteiger partial charge in [-0.05, 0) is 38.2 Å². The molecular weight excluding hydrogens is 236 g/mol. The number of rotatable bonds is 5. The molecule has 0 saturated carbocycles. The highest BCUT2D eigenvalue weighted by Crippen LogP contribution is 2.22. The summed E-state index contributed by atoms with van der Waals surface area (Å²) < 4.78 is 0. The molecule has 0 spiro atoms. The fourth-order valence-electron chi connectivity index (χ4n) is 2.83. The average molecular weight is 260 g/mol. The highest BCUT2D eigenvalue weighted by molar-refractivity contribution is 5.77. The molecule has 1 aliphatic rings. The highest BCUT2D eigenvalue weighted by atomic mass is 16.2. The normalized spacial score (nSPS) is 20.5. The van der Waals surface area contributed by atoms with Crippen LogP contribution < -0.4 is 5.73 Å². The first-order valence-corrected chi connectivity index (χ1v) is 7.26. The fraction of sp³-hybridized carbons (Fsp3) is 0.562. The second kappa shape index (κ2) is 6.71. The van der Waals surface area contributed by atoms with Crippen LogP contribution in [0.25, 0.3) is 0 Å². The van der Waals surface area contributed by atoms with Gasteiger partial charge in [0.2, 0.25) is 5.91 Å². The summed E-state index contributed by atoms with van der Waals surface area (Å²) in [7, 11) is 0. The Morgan fingerprint density at radius 2 is 2.16 bits per heavy atom. The van der Waals surface area contributed by atoms with E-state index in [2.05, 4.69) is 24.3 Å². The molecule has 0 radical (unpaired) electrons. The molecule has 2 rings (SSSR count). The molecule has 1 saturated heterocycles. The number of carbonyl (C=O) groups is 1. The zero-order chi connectivity index (χ0) is 13.7. The van der Waals surface area contributed by atoms with Crippen LogP contribution in [0.3, 0.4) is 0 Å². The molecule has 19 heavy (non-hydrogen) atoms. The van der Waals surface area contributed by atoms with Gasteiger partial charge in [0.1, 0.15) is 0 Å². The molecule has 1 amide bonds. The van der Waals surface area contributed by atoms with Gasteiger partial charge in [-0.3, -0.25) is 4.79 Å². The number of nitrogens with zero attached hydrogens (tertiary/aromatic N) is 1. The van der Waals surface area contributed by atoms with E-state index >= 15 is 0 Å². The lowest BCUT2D eigenvalue weighted by molar-refractivity contribution is -0.132. The van der Waals surface area contributed by atoms with E-state index < -0.39 is 0 Å².